The van der Waals surface area contributed by atoms with Gasteiger partial charge in [-0.05, 0) is 66.4 Å². The molecule has 3 heterocycles. The van der Waals surface area contributed by atoms with E-state index in [-0.39, 0.29) is 5.41 Å². The van der Waals surface area contributed by atoms with Crippen LogP contribution >= 0.6 is 0 Å². The van der Waals surface area contributed by atoms with E-state index in [9.17, 15) is 4.79 Å². The van der Waals surface area contributed by atoms with Gasteiger partial charge in [-0.2, -0.15) is 0 Å². The number of hydrogen-bond acceptors (Lipinski definition) is 4. The molecule has 2 atom stereocenters. The van der Waals surface area contributed by atoms with E-state index in [2.05, 4.69) is 71.0 Å². The number of amides is 1. The number of hydrogen-bond donors (Lipinski definition) is 0. The summed E-state index contributed by atoms with van der Waals surface area (Å²) in [6, 6.07) is 19.3. The van der Waals surface area contributed by atoms with Gasteiger partial charge in [-0.3, -0.25) is 4.79 Å². The van der Waals surface area contributed by atoms with E-state index in [0.717, 1.165) is 44.6 Å². The van der Waals surface area contributed by atoms with Crippen molar-refractivity contribution in [2.75, 3.05) is 52.9 Å². The van der Waals surface area contributed by atoms with Gasteiger partial charge < -0.3 is 19.4 Å². The minimum Gasteiger partial charge on any atom is -0.497 e. The normalized spacial score (nSPS) is 24.8. The molecule has 2 aromatic carbocycles. The van der Waals surface area contributed by atoms with Crippen LogP contribution in [0.5, 0.6) is 5.75 Å². The molecule has 0 bridgehead atoms. The number of carbonyl (C=O) groups excluding carboxylic acids is 1. The number of benzene rings is 2. The van der Waals surface area contributed by atoms with E-state index < -0.39 is 0 Å². The highest BCUT2D eigenvalue weighted by Crippen LogP contribution is 2.42. The van der Waals surface area contributed by atoms with Crippen LogP contribution in [0.3, 0.4) is 0 Å². The van der Waals surface area contributed by atoms with Gasteiger partial charge in [-0.1, -0.05) is 56.3 Å². The van der Waals surface area contributed by atoms with Crippen molar-refractivity contribution >= 4 is 5.91 Å². The number of likely N-dealkylation sites (tertiary alicyclic amines) is 3. The molecule has 2 unspecified atom stereocenters. The van der Waals surface area contributed by atoms with Crippen LogP contribution in [0.15, 0.2) is 54.6 Å². The minimum absolute atomic E-state index is 0.165. The Hall–Kier alpha value is -2.37. The molecular formula is C31H43N3O2. The molecule has 36 heavy (non-hydrogen) atoms. The first-order chi connectivity index (χ1) is 17.4. The number of carbonyl (C=O) groups is 1. The van der Waals surface area contributed by atoms with Crippen LogP contribution in [0.4, 0.5) is 0 Å². The molecule has 5 rings (SSSR count). The van der Waals surface area contributed by atoms with E-state index >= 15 is 0 Å². The molecule has 3 aliphatic heterocycles. The molecule has 5 heteroatoms. The second-order valence-corrected chi connectivity index (χ2v) is 12.0. The molecule has 1 spiro atoms. The Morgan fingerprint density at radius 3 is 2.36 bits per heavy atom. The lowest BCUT2D eigenvalue weighted by Crippen LogP contribution is -2.44. The van der Waals surface area contributed by atoms with Gasteiger partial charge in [-0.15, -0.1) is 0 Å². The third kappa shape index (κ3) is 5.78. The van der Waals surface area contributed by atoms with Gasteiger partial charge in [0.05, 0.1) is 7.11 Å². The SMILES string of the molecule is COc1ccc(CN2CC3(CCN(CC4CN(CC(C)C)CC4c4ccccc4)CC3)CC2=O)cc1. The van der Waals surface area contributed by atoms with Crippen molar-refractivity contribution in [2.45, 2.75) is 45.6 Å². The molecule has 0 radical (unpaired) electrons. The largest absolute Gasteiger partial charge is 0.497 e. The maximum atomic E-state index is 12.9. The zero-order valence-corrected chi connectivity index (χ0v) is 22.4. The lowest BCUT2D eigenvalue weighted by atomic mass is 9.77. The number of nitrogens with zero attached hydrogens (tertiary/aromatic N) is 3. The maximum Gasteiger partial charge on any atom is 0.223 e. The first-order valence-electron chi connectivity index (χ1n) is 13.8. The van der Waals surface area contributed by atoms with Crippen LogP contribution in [0.25, 0.3) is 0 Å². The molecule has 0 saturated carbocycles. The van der Waals surface area contributed by atoms with Crippen molar-refractivity contribution in [3.63, 3.8) is 0 Å². The molecule has 0 aliphatic carbocycles. The van der Waals surface area contributed by atoms with Crippen LogP contribution in [-0.2, 0) is 11.3 Å². The lowest BCUT2D eigenvalue weighted by Gasteiger charge is -2.40. The zero-order valence-electron chi connectivity index (χ0n) is 22.4. The van der Waals surface area contributed by atoms with Crippen molar-refractivity contribution < 1.29 is 9.53 Å². The fourth-order valence-corrected chi connectivity index (χ4v) is 6.84. The fourth-order valence-electron chi connectivity index (χ4n) is 6.84. The van der Waals surface area contributed by atoms with Crippen LogP contribution in [0, 0.1) is 17.3 Å². The Kier molecular flexibility index (Phi) is 7.68. The highest BCUT2D eigenvalue weighted by atomic mass is 16.5. The summed E-state index contributed by atoms with van der Waals surface area (Å²) in [5, 5.41) is 0. The quantitative estimate of drug-likeness (QED) is 0.530. The van der Waals surface area contributed by atoms with E-state index in [1.165, 1.54) is 37.3 Å². The summed E-state index contributed by atoms with van der Waals surface area (Å²) in [4.78, 5) is 20.4. The molecule has 5 nitrogen and oxygen atoms in total. The molecule has 194 valence electrons. The Bertz CT molecular complexity index is 998. The zero-order chi connectivity index (χ0) is 25.1. The third-order valence-corrected chi connectivity index (χ3v) is 8.71. The van der Waals surface area contributed by atoms with Crippen LogP contribution in [0.1, 0.15) is 50.2 Å². The van der Waals surface area contributed by atoms with Crippen LogP contribution in [0.2, 0.25) is 0 Å². The highest BCUT2D eigenvalue weighted by molar-refractivity contribution is 5.79. The Labute approximate surface area is 217 Å². The molecule has 3 fully saturated rings. The number of methoxy groups -OCH3 is 1. The van der Waals surface area contributed by atoms with Gasteiger partial charge in [0.25, 0.3) is 0 Å². The summed E-state index contributed by atoms with van der Waals surface area (Å²) < 4.78 is 5.27. The second-order valence-electron chi connectivity index (χ2n) is 12.0. The van der Waals surface area contributed by atoms with Gasteiger partial charge >= 0.3 is 0 Å². The number of ether oxygens (including phenoxy) is 1. The fraction of sp³-hybridized carbons (Fsp3) is 0.581. The average Bonchev–Trinajstić information content (AvgIpc) is 3.41. The molecule has 3 aliphatic rings. The number of rotatable bonds is 8. The summed E-state index contributed by atoms with van der Waals surface area (Å²) in [6.45, 7) is 13.3. The number of piperidine rings is 1. The topological polar surface area (TPSA) is 36.0 Å². The monoisotopic (exact) mass is 489 g/mol. The Balaban J connectivity index is 1.17. The second kappa shape index (κ2) is 10.9. The van der Waals surface area contributed by atoms with Crippen molar-refractivity contribution in [2.24, 2.45) is 17.3 Å². The smallest absolute Gasteiger partial charge is 0.223 e. The molecular weight excluding hydrogens is 446 g/mol. The van der Waals surface area contributed by atoms with Gasteiger partial charge in [-0.25, -0.2) is 0 Å². The Morgan fingerprint density at radius 2 is 1.69 bits per heavy atom. The van der Waals surface area contributed by atoms with E-state index in [0.29, 0.717) is 30.2 Å². The maximum absolute atomic E-state index is 12.9. The van der Waals surface area contributed by atoms with Gasteiger partial charge in [0.15, 0.2) is 0 Å². The highest BCUT2D eigenvalue weighted by Gasteiger charge is 2.45. The molecule has 2 aromatic rings. The minimum atomic E-state index is 0.165. The van der Waals surface area contributed by atoms with Crippen molar-refractivity contribution in [1.82, 2.24) is 14.7 Å². The molecule has 0 aromatic heterocycles. The van der Waals surface area contributed by atoms with Crippen molar-refractivity contribution in [1.29, 1.82) is 0 Å². The average molecular weight is 490 g/mol. The molecule has 1 amide bonds. The summed E-state index contributed by atoms with van der Waals surface area (Å²) in [5.41, 5.74) is 2.84. The first-order valence-corrected chi connectivity index (χ1v) is 13.8. The molecule has 3 saturated heterocycles. The summed E-state index contributed by atoms with van der Waals surface area (Å²) in [6.07, 6.45) is 2.99. The van der Waals surface area contributed by atoms with Crippen LogP contribution < -0.4 is 4.74 Å². The lowest BCUT2D eigenvalue weighted by molar-refractivity contribution is -0.128. The van der Waals surface area contributed by atoms with Crippen LogP contribution in [-0.4, -0.2) is 73.5 Å². The first kappa shape index (κ1) is 25.3. The van der Waals surface area contributed by atoms with E-state index in [4.69, 9.17) is 4.74 Å². The van der Waals surface area contributed by atoms with Gasteiger partial charge in [0.2, 0.25) is 5.91 Å². The standard InChI is InChI=1S/C31H43N3O2/c1-24(2)18-33-21-27(29(22-33)26-7-5-4-6-8-26)20-32-15-13-31(14-16-32)17-30(35)34(23-31)19-25-9-11-28(36-3)12-10-25/h4-12,24,27,29H,13-23H2,1-3H3. The molecule has 0 N–H and O–H groups in total. The van der Waals surface area contributed by atoms with Crippen molar-refractivity contribution in [3.8, 4) is 5.75 Å². The predicted molar refractivity (Wildman–Crippen MR) is 145 cm³/mol. The van der Waals surface area contributed by atoms with Crippen molar-refractivity contribution in [3.05, 3.63) is 65.7 Å². The van der Waals surface area contributed by atoms with E-state index in [1.54, 1.807) is 7.11 Å². The third-order valence-electron chi connectivity index (χ3n) is 8.71. The van der Waals surface area contributed by atoms with Gasteiger partial charge in [0, 0.05) is 51.6 Å². The predicted octanol–water partition coefficient (Wildman–Crippen LogP) is 4.88. The van der Waals surface area contributed by atoms with Gasteiger partial charge in [0.1, 0.15) is 5.75 Å². The summed E-state index contributed by atoms with van der Waals surface area (Å²) >= 11 is 0. The summed E-state index contributed by atoms with van der Waals surface area (Å²) in [5.74, 6) is 3.18. The van der Waals surface area contributed by atoms with E-state index in [1.807, 2.05) is 12.1 Å². The Morgan fingerprint density at radius 1 is 0.972 bits per heavy atom. The summed E-state index contributed by atoms with van der Waals surface area (Å²) in [7, 11) is 1.69.